The average Bonchev–Trinajstić information content (AvgIpc) is 3.60. The number of benzene rings is 1. The number of piperidine rings is 1. The van der Waals surface area contributed by atoms with Gasteiger partial charge < -0.3 is 15.2 Å². The van der Waals surface area contributed by atoms with Crippen LogP contribution in [-0.2, 0) is 19.6 Å². The van der Waals surface area contributed by atoms with Crippen molar-refractivity contribution in [1.29, 1.82) is 0 Å². The Labute approximate surface area is 231 Å². The molecule has 2 fully saturated rings. The summed E-state index contributed by atoms with van der Waals surface area (Å²) < 4.78 is 32.9. The van der Waals surface area contributed by atoms with Crippen LogP contribution in [0.3, 0.4) is 0 Å². The monoisotopic (exact) mass is 572 g/mol. The SMILES string of the molecule is COc1ccc2nc(NC(=O)C(CC3CCCC3)c3ccc(S(=O)(=O)N4CCC(C(=O)O)CC4)cc3)sc2n1. The summed E-state index contributed by atoms with van der Waals surface area (Å²) in [5.41, 5.74) is 1.43. The molecule has 39 heavy (non-hydrogen) atoms. The van der Waals surface area contributed by atoms with Crippen LogP contribution in [0, 0.1) is 11.8 Å². The smallest absolute Gasteiger partial charge is 0.306 e. The van der Waals surface area contributed by atoms with E-state index in [-0.39, 0.29) is 23.9 Å². The van der Waals surface area contributed by atoms with Gasteiger partial charge in [0.1, 0.15) is 10.3 Å². The van der Waals surface area contributed by atoms with Gasteiger partial charge in [-0.1, -0.05) is 49.2 Å². The van der Waals surface area contributed by atoms with Crippen LogP contribution in [0.2, 0.25) is 0 Å². The first kappa shape index (κ1) is 27.5. The molecule has 1 aromatic carbocycles. The fraction of sp³-hybridized carbons (Fsp3) is 0.481. The minimum absolute atomic E-state index is 0.145. The Morgan fingerprint density at radius 2 is 1.77 bits per heavy atom. The van der Waals surface area contributed by atoms with E-state index in [0.717, 1.165) is 31.2 Å². The molecule has 3 heterocycles. The molecule has 2 aromatic heterocycles. The van der Waals surface area contributed by atoms with E-state index in [2.05, 4.69) is 15.3 Å². The molecule has 1 unspecified atom stereocenters. The summed E-state index contributed by atoms with van der Waals surface area (Å²) in [7, 11) is -2.21. The van der Waals surface area contributed by atoms with Crippen LogP contribution in [0.25, 0.3) is 10.3 Å². The second-order valence-electron chi connectivity index (χ2n) is 10.2. The third-order valence-corrected chi connectivity index (χ3v) is 10.5. The van der Waals surface area contributed by atoms with E-state index in [4.69, 9.17) is 4.74 Å². The van der Waals surface area contributed by atoms with Crippen molar-refractivity contribution in [3.8, 4) is 5.88 Å². The molecule has 12 heteroatoms. The molecule has 208 valence electrons. The zero-order chi connectivity index (χ0) is 27.6. The molecule has 1 amide bonds. The summed E-state index contributed by atoms with van der Waals surface area (Å²) in [5.74, 6) is -1.12. The highest BCUT2D eigenvalue weighted by Gasteiger charge is 2.33. The van der Waals surface area contributed by atoms with Crippen molar-refractivity contribution in [1.82, 2.24) is 14.3 Å². The highest BCUT2D eigenvalue weighted by molar-refractivity contribution is 7.89. The summed E-state index contributed by atoms with van der Waals surface area (Å²) in [4.78, 5) is 34.5. The fourth-order valence-corrected chi connectivity index (χ4v) is 7.80. The van der Waals surface area contributed by atoms with Crippen molar-refractivity contribution < 1.29 is 27.9 Å². The lowest BCUT2D eigenvalue weighted by atomic mass is 9.87. The number of carboxylic acids is 1. The van der Waals surface area contributed by atoms with Crippen molar-refractivity contribution in [2.24, 2.45) is 11.8 Å². The molecule has 10 nitrogen and oxygen atoms in total. The maximum absolute atomic E-state index is 13.6. The van der Waals surface area contributed by atoms with Crippen LogP contribution in [0.5, 0.6) is 5.88 Å². The standard InChI is InChI=1S/C27H32N4O6S2/c1-37-23-11-10-22-25(29-23)38-27(28-22)30-24(32)21(16-17-4-2-3-5-17)18-6-8-20(9-7-18)39(35,36)31-14-12-19(13-15-31)26(33)34/h6-11,17,19,21H,2-5,12-16H2,1H3,(H,33,34)(H,28,30,32). The molecule has 2 aliphatic rings. The largest absolute Gasteiger partial charge is 0.481 e. The molecule has 1 saturated carbocycles. The van der Waals surface area contributed by atoms with Crippen LogP contribution in [0.4, 0.5) is 5.13 Å². The van der Waals surface area contributed by atoms with Gasteiger partial charge in [0.05, 0.1) is 23.8 Å². The number of methoxy groups -OCH3 is 1. The van der Waals surface area contributed by atoms with Crippen LogP contribution in [-0.4, -0.2) is 59.9 Å². The van der Waals surface area contributed by atoms with Gasteiger partial charge in [0.15, 0.2) is 5.13 Å². The Hall–Kier alpha value is -3.09. The second kappa shape index (κ2) is 11.6. The van der Waals surface area contributed by atoms with E-state index < -0.39 is 27.8 Å². The van der Waals surface area contributed by atoms with E-state index in [1.807, 2.05) is 0 Å². The van der Waals surface area contributed by atoms with Crippen molar-refractivity contribution in [2.45, 2.75) is 55.8 Å². The summed E-state index contributed by atoms with van der Waals surface area (Å²) in [5, 5.41) is 12.6. The number of aromatic nitrogens is 2. The Morgan fingerprint density at radius 1 is 1.08 bits per heavy atom. The van der Waals surface area contributed by atoms with Gasteiger partial charge in [-0.15, -0.1) is 0 Å². The van der Waals surface area contributed by atoms with Gasteiger partial charge >= 0.3 is 5.97 Å². The van der Waals surface area contributed by atoms with Crippen LogP contribution in [0.1, 0.15) is 56.4 Å². The second-order valence-corrected chi connectivity index (χ2v) is 13.1. The number of fused-ring (bicyclic) bond motifs is 1. The molecule has 1 saturated heterocycles. The van der Waals surface area contributed by atoms with Gasteiger partial charge in [0.25, 0.3) is 0 Å². The number of nitrogens with zero attached hydrogens (tertiary/aromatic N) is 3. The molecule has 3 aromatic rings. The maximum Gasteiger partial charge on any atom is 0.306 e. The predicted octanol–water partition coefficient (Wildman–Crippen LogP) is 4.49. The zero-order valence-electron chi connectivity index (χ0n) is 21.7. The first-order chi connectivity index (χ1) is 18.7. The molecule has 1 aliphatic carbocycles. The first-order valence-corrected chi connectivity index (χ1v) is 15.5. The Bertz CT molecular complexity index is 1440. The maximum atomic E-state index is 13.6. The number of amides is 1. The van der Waals surface area contributed by atoms with E-state index in [0.29, 0.717) is 46.5 Å². The van der Waals surface area contributed by atoms with E-state index >= 15 is 0 Å². The number of anilines is 1. The summed E-state index contributed by atoms with van der Waals surface area (Å²) in [6.07, 6.45) is 5.73. The summed E-state index contributed by atoms with van der Waals surface area (Å²) in [6.45, 7) is 0.354. The van der Waals surface area contributed by atoms with Gasteiger partial charge in [-0.2, -0.15) is 4.31 Å². The molecule has 0 spiro atoms. The summed E-state index contributed by atoms with van der Waals surface area (Å²) >= 11 is 1.28. The Morgan fingerprint density at radius 3 is 2.41 bits per heavy atom. The number of aliphatic carboxylic acids is 1. The predicted molar refractivity (Wildman–Crippen MR) is 147 cm³/mol. The number of pyridine rings is 1. The molecule has 1 aliphatic heterocycles. The first-order valence-electron chi connectivity index (χ1n) is 13.2. The van der Waals surface area contributed by atoms with E-state index in [1.165, 1.54) is 15.6 Å². The third-order valence-electron chi connectivity index (χ3n) is 7.75. The number of sulfonamides is 1. The lowest BCUT2D eigenvalue weighted by Crippen LogP contribution is -2.40. The van der Waals surface area contributed by atoms with Crippen molar-refractivity contribution in [3.05, 3.63) is 42.0 Å². The van der Waals surface area contributed by atoms with Gasteiger partial charge in [-0.05, 0) is 48.9 Å². The minimum Gasteiger partial charge on any atom is -0.481 e. The van der Waals surface area contributed by atoms with E-state index in [9.17, 15) is 23.1 Å². The molecule has 0 radical (unpaired) electrons. The molecule has 1 atom stereocenters. The average molecular weight is 573 g/mol. The topological polar surface area (TPSA) is 139 Å². The highest BCUT2D eigenvalue weighted by atomic mass is 32.2. The number of carbonyl (C=O) groups excluding carboxylic acids is 1. The number of carbonyl (C=O) groups is 2. The zero-order valence-corrected chi connectivity index (χ0v) is 23.3. The third kappa shape index (κ3) is 6.07. The quantitative estimate of drug-likeness (QED) is 0.383. The fourth-order valence-electron chi connectivity index (χ4n) is 5.50. The number of nitrogens with one attached hydrogen (secondary N) is 1. The van der Waals surface area contributed by atoms with Crippen LogP contribution in [0.15, 0.2) is 41.3 Å². The van der Waals surface area contributed by atoms with Crippen molar-refractivity contribution in [3.63, 3.8) is 0 Å². The highest BCUT2D eigenvalue weighted by Crippen LogP contribution is 2.36. The molecular weight excluding hydrogens is 540 g/mol. The van der Waals surface area contributed by atoms with Crippen LogP contribution < -0.4 is 10.1 Å². The number of ether oxygens (including phenoxy) is 1. The molecule has 0 bridgehead atoms. The van der Waals surface area contributed by atoms with Crippen molar-refractivity contribution in [2.75, 3.05) is 25.5 Å². The number of carboxylic acid groups (broad SMARTS) is 1. The van der Waals surface area contributed by atoms with Crippen molar-refractivity contribution >= 4 is 48.7 Å². The summed E-state index contributed by atoms with van der Waals surface area (Å²) in [6, 6.07) is 10.1. The minimum atomic E-state index is -3.75. The van der Waals surface area contributed by atoms with Gasteiger partial charge in [-0.25, -0.2) is 18.4 Å². The molecule has 2 N–H and O–H groups in total. The van der Waals surface area contributed by atoms with Gasteiger partial charge in [0, 0.05) is 19.2 Å². The number of rotatable bonds is 9. The number of hydrogen-bond acceptors (Lipinski definition) is 8. The normalized spacial score (nSPS) is 18.3. The Balaban J connectivity index is 1.34. The number of thiazole rings is 1. The van der Waals surface area contributed by atoms with Gasteiger partial charge in [-0.3, -0.25) is 9.59 Å². The van der Waals surface area contributed by atoms with E-state index in [1.54, 1.807) is 43.5 Å². The Kier molecular flexibility index (Phi) is 8.15. The lowest BCUT2D eigenvalue weighted by Gasteiger charge is -2.29. The molecule has 5 rings (SSSR count). The van der Waals surface area contributed by atoms with Gasteiger partial charge in [0.2, 0.25) is 21.8 Å². The number of hydrogen-bond donors (Lipinski definition) is 2. The van der Waals surface area contributed by atoms with Crippen LogP contribution >= 0.6 is 11.3 Å². The molecular formula is C27H32N4O6S2. The lowest BCUT2D eigenvalue weighted by molar-refractivity contribution is -0.143.